The van der Waals surface area contributed by atoms with Crippen molar-refractivity contribution in [2.24, 2.45) is 5.73 Å². The van der Waals surface area contributed by atoms with E-state index in [1.165, 1.54) is 17.1 Å². The molecule has 0 aromatic carbocycles. The van der Waals surface area contributed by atoms with Crippen LogP contribution in [0.5, 0.6) is 0 Å². The van der Waals surface area contributed by atoms with Crippen LogP contribution in [0.2, 0.25) is 0 Å². The summed E-state index contributed by atoms with van der Waals surface area (Å²) in [5, 5.41) is 3.40. The minimum Gasteiger partial charge on any atom is -0.325 e. The Kier molecular flexibility index (Phi) is 2.63. The standard InChI is InChI=1S/C12H20N2S/c1-11(2,3)10-14-9(8-15-10)7-12(13)5-4-6-12/h8H,4-7,13H2,1-3H3. The zero-order chi connectivity index (χ0) is 11.1. The lowest BCUT2D eigenvalue weighted by Crippen LogP contribution is -2.48. The van der Waals surface area contributed by atoms with Gasteiger partial charge in [-0.05, 0) is 19.3 Å². The van der Waals surface area contributed by atoms with Crippen LogP contribution in [0.15, 0.2) is 5.38 Å². The largest absolute Gasteiger partial charge is 0.325 e. The highest BCUT2D eigenvalue weighted by molar-refractivity contribution is 7.09. The Bertz CT molecular complexity index is 345. The first kappa shape index (κ1) is 11.1. The average molecular weight is 224 g/mol. The summed E-state index contributed by atoms with van der Waals surface area (Å²) in [6.07, 6.45) is 4.57. The van der Waals surface area contributed by atoms with E-state index < -0.39 is 0 Å². The van der Waals surface area contributed by atoms with Crippen molar-refractivity contribution in [3.05, 3.63) is 16.1 Å². The minimum atomic E-state index is 0.0588. The second-order valence-electron chi connectivity index (χ2n) is 5.79. The SMILES string of the molecule is CC(C)(C)c1nc(CC2(N)CCC2)cs1. The highest BCUT2D eigenvalue weighted by Gasteiger charge is 2.33. The van der Waals surface area contributed by atoms with Crippen LogP contribution < -0.4 is 5.73 Å². The van der Waals surface area contributed by atoms with Crippen LogP contribution in [0, 0.1) is 0 Å². The van der Waals surface area contributed by atoms with E-state index in [2.05, 4.69) is 31.1 Å². The van der Waals surface area contributed by atoms with Gasteiger partial charge in [0, 0.05) is 22.8 Å². The normalized spacial score (nSPS) is 20.0. The van der Waals surface area contributed by atoms with Crippen molar-refractivity contribution in [1.29, 1.82) is 0 Å². The highest BCUT2D eigenvalue weighted by Crippen LogP contribution is 2.33. The molecule has 0 spiro atoms. The molecule has 3 heteroatoms. The number of thiazole rings is 1. The molecule has 1 aromatic rings. The fourth-order valence-corrected chi connectivity index (χ4v) is 2.81. The van der Waals surface area contributed by atoms with Gasteiger partial charge >= 0.3 is 0 Å². The van der Waals surface area contributed by atoms with Crippen molar-refractivity contribution >= 4 is 11.3 Å². The van der Waals surface area contributed by atoms with Gasteiger partial charge in [-0.25, -0.2) is 4.98 Å². The molecule has 1 aliphatic carbocycles. The lowest BCUT2D eigenvalue weighted by atomic mass is 9.75. The Labute approximate surface area is 95.9 Å². The monoisotopic (exact) mass is 224 g/mol. The highest BCUT2D eigenvalue weighted by atomic mass is 32.1. The summed E-state index contributed by atoms with van der Waals surface area (Å²) in [6.45, 7) is 6.62. The van der Waals surface area contributed by atoms with E-state index in [-0.39, 0.29) is 11.0 Å². The van der Waals surface area contributed by atoms with Gasteiger partial charge in [-0.15, -0.1) is 11.3 Å². The second-order valence-corrected chi connectivity index (χ2v) is 6.64. The van der Waals surface area contributed by atoms with E-state index in [1.54, 1.807) is 11.3 Å². The second kappa shape index (κ2) is 3.56. The van der Waals surface area contributed by atoms with E-state index in [0.717, 1.165) is 19.3 Å². The van der Waals surface area contributed by atoms with E-state index in [9.17, 15) is 0 Å². The summed E-state index contributed by atoms with van der Waals surface area (Å²) >= 11 is 1.77. The van der Waals surface area contributed by atoms with E-state index in [1.807, 2.05) is 0 Å². The quantitative estimate of drug-likeness (QED) is 0.839. The number of hydrogen-bond donors (Lipinski definition) is 1. The molecule has 2 nitrogen and oxygen atoms in total. The number of hydrogen-bond acceptors (Lipinski definition) is 3. The molecule has 1 heterocycles. The minimum absolute atomic E-state index is 0.0588. The number of aromatic nitrogens is 1. The van der Waals surface area contributed by atoms with Crippen molar-refractivity contribution in [2.75, 3.05) is 0 Å². The van der Waals surface area contributed by atoms with Crippen LogP contribution in [-0.2, 0) is 11.8 Å². The molecule has 15 heavy (non-hydrogen) atoms. The third-order valence-electron chi connectivity index (χ3n) is 3.08. The first-order valence-electron chi connectivity index (χ1n) is 5.63. The summed E-state index contributed by atoms with van der Waals surface area (Å²) in [5.41, 5.74) is 7.63. The molecule has 0 atom stereocenters. The number of nitrogens with zero attached hydrogens (tertiary/aromatic N) is 1. The van der Waals surface area contributed by atoms with Crippen LogP contribution in [0.4, 0.5) is 0 Å². The molecule has 0 aliphatic heterocycles. The summed E-state index contributed by atoms with van der Waals surface area (Å²) in [4.78, 5) is 4.69. The van der Waals surface area contributed by atoms with Gasteiger partial charge in [0.15, 0.2) is 0 Å². The molecule has 2 N–H and O–H groups in total. The van der Waals surface area contributed by atoms with Gasteiger partial charge in [0.05, 0.1) is 10.7 Å². The Morgan fingerprint density at radius 2 is 2.13 bits per heavy atom. The molecule has 0 bridgehead atoms. The summed E-state index contributed by atoms with van der Waals surface area (Å²) in [6, 6.07) is 0. The zero-order valence-corrected chi connectivity index (χ0v) is 10.7. The van der Waals surface area contributed by atoms with Gasteiger partial charge in [0.1, 0.15) is 0 Å². The smallest absolute Gasteiger partial charge is 0.0981 e. The summed E-state index contributed by atoms with van der Waals surface area (Å²) < 4.78 is 0. The maximum atomic E-state index is 6.22. The molecular weight excluding hydrogens is 204 g/mol. The maximum Gasteiger partial charge on any atom is 0.0981 e. The van der Waals surface area contributed by atoms with Crippen LogP contribution in [-0.4, -0.2) is 10.5 Å². The molecule has 84 valence electrons. The van der Waals surface area contributed by atoms with Crippen molar-refractivity contribution in [3.8, 4) is 0 Å². The molecule has 0 amide bonds. The lowest BCUT2D eigenvalue weighted by molar-refractivity contribution is 0.245. The van der Waals surface area contributed by atoms with Crippen molar-refractivity contribution in [3.63, 3.8) is 0 Å². The van der Waals surface area contributed by atoms with E-state index in [0.29, 0.717) is 0 Å². The predicted octanol–water partition coefficient (Wildman–Crippen LogP) is 2.86. The molecule has 2 rings (SSSR count). The van der Waals surface area contributed by atoms with Crippen molar-refractivity contribution in [1.82, 2.24) is 4.98 Å². The van der Waals surface area contributed by atoms with Gasteiger partial charge < -0.3 is 5.73 Å². The molecule has 1 fully saturated rings. The van der Waals surface area contributed by atoms with Crippen molar-refractivity contribution in [2.45, 2.75) is 57.4 Å². The lowest BCUT2D eigenvalue weighted by Gasteiger charge is -2.37. The summed E-state index contributed by atoms with van der Waals surface area (Å²) in [5.74, 6) is 0. The summed E-state index contributed by atoms with van der Waals surface area (Å²) in [7, 11) is 0. The Balaban J connectivity index is 2.07. The van der Waals surface area contributed by atoms with Gasteiger partial charge in [0.2, 0.25) is 0 Å². The zero-order valence-electron chi connectivity index (χ0n) is 9.84. The van der Waals surface area contributed by atoms with Crippen LogP contribution in [0.25, 0.3) is 0 Å². The molecule has 0 saturated heterocycles. The average Bonchev–Trinajstić information content (AvgIpc) is 2.49. The van der Waals surface area contributed by atoms with Crippen LogP contribution >= 0.6 is 11.3 Å². The molecule has 1 aliphatic rings. The Hall–Kier alpha value is -0.410. The molecular formula is C12H20N2S. The Morgan fingerprint density at radius 1 is 1.47 bits per heavy atom. The number of nitrogens with two attached hydrogens (primary N) is 1. The maximum absolute atomic E-state index is 6.22. The van der Waals surface area contributed by atoms with E-state index in [4.69, 9.17) is 5.73 Å². The first-order chi connectivity index (χ1) is 6.89. The fraction of sp³-hybridized carbons (Fsp3) is 0.750. The van der Waals surface area contributed by atoms with Gasteiger partial charge in [0.25, 0.3) is 0 Å². The van der Waals surface area contributed by atoms with Crippen molar-refractivity contribution < 1.29 is 0 Å². The van der Waals surface area contributed by atoms with Gasteiger partial charge in [-0.3, -0.25) is 0 Å². The topological polar surface area (TPSA) is 38.9 Å². The molecule has 1 saturated carbocycles. The van der Waals surface area contributed by atoms with E-state index >= 15 is 0 Å². The Morgan fingerprint density at radius 3 is 2.53 bits per heavy atom. The first-order valence-corrected chi connectivity index (χ1v) is 6.51. The van der Waals surface area contributed by atoms with Gasteiger partial charge in [-0.1, -0.05) is 20.8 Å². The van der Waals surface area contributed by atoms with Crippen LogP contribution in [0.1, 0.15) is 50.7 Å². The van der Waals surface area contributed by atoms with Gasteiger partial charge in [-0.2, -0.15) is 0 Å². The predicted molar refractivity (Wildman–Crippen MR) is 65.3 cm³/mol. The third kappa shape index (κ3) is 2.40. The molecule has 0 radical (unpaired) electrons. The molecule has 1 aromatic heterocycles. The molecule has 0 unspecified atom stereocenters. The fourth-order valence-electron chi connectivity index (χ4n) is 1.90. The number of rotatable bonds is 2. The third-order valence-corrected chi connectivity index (χ3v) is 4.39. The van der Waals surface area contributed by atoms with Crippen LogP contribution in [0.3, 0.4) is 0 Å².